The van der Waals surface area contributed by atoms with E-state index in [9.17, 15) is 0 Å². The van der Waals surface area contributed by atoms with Crippen LogP contribution < -0.4 is 5.32 Å². The van der Waals surface area contributed by atoms with Crippen molar-refractivity contribution in [3.05, 3.63) is 32.2 Å². The maximum Gasteiger partial charge on any atom is 0.116 e. The molecule has 92 valence electrons. The number of aromatic nitrogens is 2. The molecular formula is C12H17N3S2. The third kappa shape index (κ3) is 3.12. The molecule has 0 fully saturated rings. The van der Waals surface area contributed by atoms with Gasteiger partial charge in [0.1, 0.15) is 11.0 Å². The van der Waals surface area contributed by atoms with Gasteiger partial charge < -0.3 is 5.32 Å². The zero-order chi connectivity index (χ0) is 12.3. The molecule has 0 amide bonds. The van der Waals surface area contributed by atoms with Crippen LogP contribution in [0, 0.1) is 13.8 Å². The summed E-state index contributed by atoms with van der Waals surface area (Å²) in [5.41, 5.74) is 2.18. The zero-order valence-electron chi connectivity index (χ0n) is 10.4. The normalized spacial score (nSPS) is 12.9. The average molecular weight is 267 g/mol. The van der Waals surface area contributed by atoms with E-state index in [-0.39, 0.29) is 6.04 Å². The van der Waals surface area contributed by atoms with Crippen LogP contribution in [0.5, 0.6) is 0 Å². The monoisotopic (exact) mass is 267 g/mol. The summed E-state index contributed by atoms with van der Waals surface area (Å²) < 4.78 is 0. The summed E-state index contributed by atoms with van der Waals surface area (Å²) in [4.78, 5) is 9.14. The lowest BCUT2D eigenvalue weighted by atomic mass is 10.2. The van der Waals surface area contributed by atoms with Crippen LogP contribution in [0.15, 0.2) is 10.8 Å². The summed E-state index contributed by atoms with van der Waals surface area (Å²) >= 11 is 3.40. The minimum Gasteiger partial charge on any atom is -0.303 e. The number of aryl methyl sites for hydroxylation is 2. The van der Waals surface area contributed by atoms with Gasteiger partial charge in [-0.05, 0) is 26.8 Å². The fourth-order valence-corrected chi connectivity index (χ4v) is 3.14. The van der Waals surface area contributed by atoms with Gasteiger partial charge in [-0.2, -0.15) is 0 Å². The highest BCUT2D eigenvalue weighted by Crippen LogP contribution is 2.26. The number of hydrogen-bond donors (Lipinski definition) is 1. The molecule has 0 spiro atoms. The predicted molar refractivity (Wildman–Crippen MR) is 73.8 cm³/mol. The van der Waals surface area contributed by atoms with Crippen LogP contribution in [0.2, 0.25) is 0 Å². The molecule has 2 heterocycles. The Kier molecular flexibility index (Phi) is 4.25. The number of nitrogens with zero attached hydrogens (tertiary/aromatic N) is 2. The highest BCUT2D eigenvalue weighted by Gasteiger charge is 2.18. The second-order valence-electron chi connectivity index (χ2n) is 4.01. The van der Waals surface area contributed by atoms with Gasteiger partial charge in [0.2, 0.25) is 0 Å². The molecule has 3 nitrogen and oxygen atoms in total. The lowest BCUT2D eigenvalue weighted by Gasteiger charge is -2.13. The SMILES string of the molecule is CCCNC(c1csc(C)n1)c1nc(C)cs1. The van der Waals surface area contributed by atoms with E-state index in [2.05, 4.69) is 33.0 Å². The average Bonchev–Trinajstić information content (AvgIpc) is 2.89. The highest BCUT2D eigenvalue weighted by atomic mass is 32.1. The van der Waals surface area contributed by atoms with Gasteiger partial charge in [-0.1, -0.05) is 6.92 Å². The summed E-state index contributed by atoms with van der Waals surface area (Å²) in [5.74, 6) is 0. The molecule has 0 saturated heterocycles. The Hall–Kier alpha value is -0.780. The van der Waals surface area contributed by atoms with Crippen molar-refractivity contribution >= 4 is 22.7 Å². The largest absolute Gasteiger partial charge is 0.303 e. The summed E-state index contributed by atoms with van der Waals surface area (Å²) in [6, 6.07) is 0.151. The van der Waals surface area contributed by atoms with Crippen LogP contribution in [-0.2, 0) is 0 Å². The van der Waals surface area contributed by atoms with E-state index < -0.39 is 0 Å². The van der Waals surface area contributed by atoms with Gasteiger partial charge in [0.15, 0.2) is 0 Å². The van der Waals surface area contributed by atoms with Gasteiger partial charge in [0, 0.05) is 16.5 Å². The molecule has 0 aliphatic heterocycles. The third-order valence-corrected chi connectivity index (χ3v) is 4.23. The van der Waals surface area contributed by atoms with Crippen molar-refractivity contribution in [2.24, 2.45) is 0 Å². The van der Waals surface area contributed by atoms with E-state index >= 15 is 0 Å². The molecule has 1 N–H and O–H groups in total. The lowest BCUT2D eigenvalue weighted by Crippen LogP contribution is -2.23. The van der Waals surface area contributed by atoms with Crippen LogP contribution in [0.25, 0.3) is 0 Å². The van der Waals surface area contributed by atoms with Crippen molar-refractivity contribution in [1.29, 1.82) is 0 Å². The van der Waals surface area contributed by atoms with Gasteiger partial charge in [-0.25, -0.2) is 9.97 Å². The van der Waals surface area contributed by atoms with E-state index in [1.54, 1.807) is 22.7 Å². The third-order valence-electron chi connectivity index (χ3n) is 2.41. The summed E-state index contributed by atoms with van der Waals surface area (Å²) in [5, 5.41) is 9.96. The van der Waals surface area contributed by atoms with Crippen molar-refractivity contribution in [3.63, 3.8) is 0 Å². The molecule has 0 bridgehead atoms. The molecule has 0 saturated carbocycles. The Balaban J connectivity index is 2.24. The van der Waals surface area contributed by atoms with E-state index in [1.807, 2.05) is 13.8 Å². The maximum absolute atomic E-state index is 4.57. The molecule has 0 aliphatic rings. The van der Waals surface area contributed by atoms with E-state index in [1.165, 1.54) is 0 Å². The van der Waals surface area contributed by atoms with Crippen LogP contribution in [0.1, 0.15) is 40.8 Å². The second-order valence-corrected chi connectivity index (χ2v) is 5.96. The first-order chi connectivity index (χ1) is 8.20. The Labute approximate surface area is 110 Å². The van der Waals surface area contributed by atoms with Crippen molar-refractivity contribution in [1.82, 2.24) is 15.3 Å². The molecule has 5 heteroatoms. The van der Waals surface area contributed by atoms with Gasteiger partial charge >= 0.3 is 0 Å². The number of nitrogens with one attached hydrogen (secondary N) is 1. The molecule has 0 aromatic carbocycles. The first-order valence-electron chi connectivity index (χ1n) is 5.78. The quantitative estimate of drug-likeness (QED) is 0.903. The minimum atomic E-state index is 0.151. The molecule has 2 aromatic rings. The fourth-order valence-electron chi connectivity index (χ4n) is 1.62. The zero-order valence-corrected chi connectivity index (χ0v) is 12.0. The van der Waals surface area contributed by atoms with Crippen molar-refractivity contribution < 1.29 is 0 Å². The summed E-state index contributed by atoms with van der Waals surface area (Å²) in [7, 11) is 0. The van der Waals surface area contributed by atoms with Gasteiger partial charge in [0.25, 0.3) is 0 Å². The number of rotatable bonds is 5. The standard InChI is InChI=1S/C12H17N3S2/c1-4-5-13-11(10-7-16-9(3)15-10)12-14-8(2)6-17-12/h6-7,11,13H,4-5H2,1-3H3. The predicted octanol–water partition coefficient (Wildman–Crippen LogP) is 3.31. The van der Waals surface area contributed by atoms with E-state index in [4.69, 9.17) is 0 Å². The van der Waals surface area contributed by atoms with Crippen molar-refractivity contribution in [2.75, 3.05) is 6.54 Å². The van der Waals surface area contributed by atoms with Gasteiger partial charge in [0.05, 0.1) is 10.7 Å². The van der Waals surface area contributed by atoms with Crippen LogP contribution in [-0.4, -0.2) is 16.5 Å². The van der Waals surface area contributed by atoms with Crippen molar-refractivity contribution in [2.45, 2.75) is 33.2 Å². The van der Waals surface area contributed by atoms with Crippen LogP contribution >= 0.6 is 22.7 Å². The first-order valence-corrected chi connectivity index (χ1v) is 7.54. The van der Waals surface area contributed by atoms with Crippen LogP contribution in [0.3, 0.4) is 0 Å². The number of thiazole rings is 2. The molecule has 0 aliphatic carbocycles. The van der Waals surface area contributed by atoms with Crippen LogP contribution in [0.4, 0.5) is 0 Å². The number of hydrogen-bond acceptors (Lipinski definition) is 5. The molecule has 0 radical (unpaired) electrons. The molecule has 1 atom stereocenters. The Morgan fingerprint density at radius 2 is 2.06 bits per heavy atom. The Morgan fingerprint density at radius 3 is 2.59 bits per heavy atom. The smallest absolute Gasteiger partial charge is 0.116 e. The highest BCUT2D eigenvalue weighted by molar-refractivity contribution is 7.10. The Bertz CT molecular complexity index is 435. The lowest BCUT2D eigenvalue weighted by molar-refractivity contribution is 0.585. The maximum atomic E-state index is 4.57. The second kappa shape index (κ2) is 5.71. The van der Waals surface area contributed by atoms with Gasteiger partial charge in [-0.3, -0.25) is 0 Å². The topological polar surface area (TPSA) is 37.8 Å². The molecule has 2 rings (SSSR count). The molecule has 2 aromatic heterocycles. The van der Waals surface area contributed by atoms with E-state index in [0.29, 0.717) is 0 Å². The summed E-state index contributed by atoms with van der Waals surface area (Å²) in [6.45, 7) is 7.23. The molecule has 17 heavy (non-hydrogen) atoms. The van der Waals surface area contributed by atoms with Crippen molar-refractivity contribution in [3.8, 4) is 0 Å². The fraction of sp³-hybridized carbons (Fsp3) is 0.500. The first kappa shape index (κ1) is 12.7. The summed E-state index contributed by atoms with van der Waals surface area (Å²) in [6.07, 6.45) is 1.12. The van der Waals surface area contributed by atoms with E-state index in [0.717, 1.165) is 34.4 Å². The van der Waals surface area contributed by atoms with Gasteiger partial charge in [-0.15, -0.1) is 22.7 Å². The minimum absolute atomic E-state index is 0.151. The molecule has 1 unspecified atom stereocenters. The Morgan fingerprint density at radius 1 is 1.24 bits per heavy atom. The molecular weight excluding hydrogens is 250 g/mol.